The van der Waals surface area contributed by atoms with Crippen LogP contribution in [0, 0.1) is 0 Å². The molecule has 1 amide bonds. The van der Waals surface area contributed by atoms with Crippen LogP contribution in [-0.2, 0) is 23.4 Å². The van der Waals surface area contributed by atoms with E-state index in [1.165, 1.54) is 22.3 Å². The Morgan fingerprint density at radius 1 is 0.765 bits per heavy atom. The zero-order valence-electron chi connectivity index (χ0n) is 20.5. The van der Waals surface area contributed by atoms with Gasteiger partial charge in [-0.05, 0) is 41.9 Å². The molecule has 0 bridgehead atoms. The van der Waals surface area contributed by atoms with Gasteiger partial charge in [-0.3, -0.25) is 0 Å². The van der Waals surface area contributed by atoms with Gasteiger partial charge in [0, 0.05) is 12.5 Å². The molecule has 0 aromatic heterocycles. The number of hydrogen-bond donors (Lipinski definition) is 1. The van der Waals surface area contributed by atoms with E-state index < -0.39 is 14.4 Å². The van der Waals surface area contributed by atoms with E-state index in [0.29, 0.717) is 59.4 Å². The molecule has 0 saturated carbocycles. The van der Waals surface area contributed by atoms with E-state index in [2.05, 4.69) is 49.2 Å². The van der Waals surface area contributed by atoms with Gasteiger partial charge >= 0.3 is 6.09 Å². The Balaban J connectivity index is 1.20. The van der Waals surface area contributed by atoms with E-state index in [1.54, 1.807) is 0 Å². The number of hydrogen-bond acceptors (Lipinski definition) is 6. The molecule has 0 fully saturated rings. The summed E-state index contributed by atoms with van der Waals surface area (Å²) < 4.78 is 27.6. The van der Waals surface area contributed by atoms with Crippen LogP contribution in [0.4, 0.5) is 4.79 Å². The van der Waals surface area contributed by atoms with Gasteiger partial charge in [0.15, 0.2) is 8.32 Å². The minimum absolute atomic E-state index is 0.0587. The molecular formula is C26H37NO6Si. The largest absolute Gasteiger partial charge is 0.449 e. The molecule has 1 N–H and O–H groups in total. The van der Waals surface area contributed by atoms with Crippen LogP contribution in [0.25, 0.3) is 11.1 Å². The standard InChI is InChI=1S/C26H37NO6Si/c1-34(2,3)33-19-18-31-17-16-30-15-14-29-13-12-27-26(28)32-20-25-23-10-6-4-8-21(23)22-9-5-7-11-24(22)25/h4-11,25H,12-20H2,1-3H3,(H,27,28). The van der Waals surface area contributed by atoms with Crippen LogP contribution in [0.1, 0.15) is 17.0 Å². The lowest BCUT2D eigenvalue weighted by molar-refractivity contribution is 0.00934. The number of carbonyl (C=O) groups excluding carboxylic acids is 1. The van der Waals surface area contributed by atoms with Crippen molar-refractivity contribution in [3.05, 3.63) is 59.7 Å². The molecule has 8 heteroatoms. The first kappa shape index (κ1) is 26.4. The third-order valence-corrected chi connectivity index (χ3v) is 6.44. The summed E-state index contributed by atoms with van der Waals surface area (Å²) in [5, 5.41) is 2.74. The summed E-state index contributed by atoms with van der Waals surface area (Å²) in [5.74, 6) is 0.0587. The van der Waals surface area contributed by atoms with Crippen LogP contribution in [0.2, 0.25) is 19.6 Å². The Hall–Kier alpha value is -2.23. The average molecular weight is 488 g/mol. The number of carbonyl (C=O) groups is 1. The van der Waals surface area contributed by atoms with Gasteiger partial charge in [0.1, 0.15) is 6.61 Å². The van der Waals surface area contributed by atoms with Gasteiger partial charge in [0.05, 0.1) is 46.2 Å². The maximum absolute atomic E-state index is 12.1. The predicted molar refractivity (Wildman–Crippen MR) is 135 cm³/mol. The Labute approximate surface area is 203 Å². The lowest BCUT2D eigenvalue weighted by atomic mass is 9.98. The average Bonchev–Trinajstić information content (AvgIpc) is 3.14. The molecule has 0 heterocycles. The van der Waals surface area contributed by atoms with E-state index in [0.717, 1.165) is 0 Å². The van der Waals surface area contributed by atoms with E-state index in [1.807, 2.05) is 24.3 Å². The normalized spacial score (nSPS) is 12.9. The minimum atomic E-state index is -1.46. The van der Waals surface area contributed by atoms with E-state index in [9.17, 15) is 4.79 Å². The maximum Gasteiger partial charge on any atom is 0.407 e. The van der Waals surface area contributed by atoms with Crippen molar-refractivity contribution in [2.45, 2.75) is 25.6 Å². The summed E-state index contributed by atoms with van der Waals surface area (Å²) in [4.78, 5) is 12.1. The molecule has 2 aromatic rings. The minimum Gasteiger partial charge on any atom is -0.449 e. The molecule has 1 aliphatic rings. The zero-order chi connectivity index (χ0) is 24.2. The van der Waals surface area contributed by atoms with Crippen LogP contribution in [0.5, 0.6) is 0 Å². The zero-order valence-corrected chi connectivity index (χ0v) is 21.5. The molecule has 0 radical (unpaired) electrons. The van der Waals surface area contributed by atoms with Crippen LogP contribution < -0.4 is 5.32 Å². The van der Waals surface area contributed by atoms with Crippen LogP contribution in [-0.4, -0.2) is 73.8 Å². The molecule has 0 aliphatic heterocycles. The summed E-state index contributed by atoms with van der Waals surface area (Å²) in [5.41, 5.74) is 4.82. The monoisotopic (exact) mass is 487 g/mol. The van der Waals surface area contributed by atoms with E-state index in [4.69, 9.17) is 23.4 Å². The van der Waals surface area contributed by atoms with Gasteiger partial charge in [-0.1, -0.05) is 48.5 Å². The molecule has 3 rings (SSSR count). The SMILES string of the molecule is C[Si](C)(C)OCCOCCOCCOCCNC(=O)OCC1c2ccccc2-c2ccccc21. The van der Waals surface area contributed by atoms with Crippen molar-refractivity contribution in [3.8, 4) is 11.1 Å². The maximum atomic E-state index is 12.1. The summed E-state index contributed by atoms with van der Waals surface area (Å²) >= 11 is 0. The first-order valence-corrected chi connectivity index (χ1v) is 15.3. The second-order valence-corrected chi connectivity index (χ2v) is 13.6. The molecule has 0 atom stereocenters. The molecule has 1 aliphatic carbocycles. The Morgan fingerprint density at radius 3 is 1.82 bits per heavy atom. The molecule has 186 valence electrons. The smallest absolute Gasteiger partial charge is 0.407 e. The predicted octanol–water partition coefficient (Wildman–Crippen LogP) is 4.43. The molecule has 0 spiro atoms. The summed E-state index contributed by atoms with van der Waals surface area (Å²) in [6.45, 7) is 10.8. The third-order valence-electron chi connectivity index (χ3n) is 5.37. The van der Waals surface area contributed by atoms with Gasteiger partial charge in [0.25, 0.3) is 0 Å². The molecule has 34 heavy (non-hydrogen) atoms. The van der Waals surface area contributed by atoms with Crippen molar-refractivity contribution in [2.24, 2.45) is 0 Å². The topological polar surface area (TPSA) is 75.3 Å². The van der Waals surface area contributed by atoms with Crippen LogP contribution >= 0.6 is 0 Å². The number of nitrogens with one attached hydrogen (secondary N) is 1. The molecule has 2 aromatic carbocycles. The molecule has 0 saturated heterocycles. The van der Waals surface area contributed by atoms with Crippen molar-refractivity contribution < 1.29 is 28.2 Å². The number of rotatable bonds is 15. The lowest BCUT2D eigenvalue weighted by Crippen LogP contribution is -2.29. The summed E-state index contributed by atoms with van der Waals surface area (Å²) in [7, 11) is -1.46. The number of ether oxygens (including phenoxy) is 4. The van der Waals surface area contributed by atoms with Crippen LogP contribution in [0.15, 0.2) is 48.5 Å². The second-order valence-electron chi connectivity index (χ2n) is 9.05. The first-order chi connectivity index (χ1) is 16.5. The van der Waals surface area contributed by atoms with Crippen molar-refractivity contribution in [3.63, 3.8) is 0 Å². The fraction of sp³-hybridized carbons (Fsp3) is 0.500. The summed E-state index contributed by atoms with van der Waals surface area (Å²) in [6.07, 6.45) is -0.433. The highest BCUT2D eigenvalue weighted by molar-refractivity contribution is 6.69. The van der Waals surface area contributed by atoms with Gasteiger partial charge in [0.2, 0.25) is 0 Å². The second kappa shape index (κ2) is 13.6. The van der Waals surface area contributed by atoms with Crippen molar-refractivity contribution in [2.75, 3.05) is 59.4 Å². The highest BCUT2D eigenvalue weighted by Crippen LogP contribution is 2.44. The van der Waals surface area contributed by atoms with Gasteiger partial charge < -0.3 is 28.7 Å². The van der Waals surface area contributed by atoms with Crippen molar-refractivity contribution in [1.29, 1.82) is 0 Å². The number of amides is 1. The number of alkyl carbamates (subject to hydrolysis) is 1. The fourth-order valence-electron chi connectivity index (χ4n) is 3.82. The highest BCUT2D eigenvalue weighted by atomic mass is 28.4. The molecular weight excluding hydrogens is 450 g/mol. The fourth-order valence-corrected chi connectivity index (χ4v) is 4.52. The quantitative estimate of drug-likeness (QED) is 0.296. The highest BCUT2D eigenvalue weighted by Gasteiger charge is 2.28. The lowest BCUT2D eigenvalue weighted by Gasteiger charge is -2.16. The van der Waals surface area contributed by atoms with Gasteiger partial charge in [-0.25, -0.2) is 4.79 Å². The molecule has 7 nitrogen and oxygen atoms in total. The Bertz CT molecular complexity index is 855. The number of benzene rings is 2. The Morgan fingerprint density at radius 2 is 1.26 bits per heavy atom. The van der Waals surface area contributed by atoms with Crippen molar-refractivity contribution >= 4 is 14.4 Å². The molecule has 0 unspecified atom stereocenters. The van der Waals surface area contributed by atoms with Gasteiger partial charge in [-0.2, -0.15) is 0 Å². The van der Waals surface area contributed by atoms with Crippen LogP contribution in [0.3, 0.4) is 0 Å². The Kier molecular flexibility index (Phi) is 10.6. The first-order valence-electron chi connectivity index (χ1n) is 11.9. The van der Waals surface area contributed by atoms with Gasteiger partial charge in [-0.15, -0.1) is 0 Å². The van der Waals surface area contributed by atoms with E-state index in [-0.39, 0.29) is 5.92 Å². The number of fused-ring (bicyclic) bond motifs is 3. The van der Waals surface area contributed by atoms with E-state index >= 15 is 0 Å². The third kappa shape index (κ3) is 8.52. The van der Waals surface area contributed by atoms with Crippen molar-refractivity contribution in [1.82, 2.24) is 5.32 Å². The summed E-state index contributed by atoms with van der Waals surface area (Å²) in [6, 6.07) is 16.6.